The molecule has 0 saturated heterocycles. The second-order valence-corrected chi connectivity index (χ2v) is 3.96. The summed E-state index contributed by atoms with van der Waals surface area (Å²) in [6.07, 6.45) is -1.04. The number of fused-ring (bicyclic) bond motifs is 1. The van der Waals surface area contributed by atoms with E-state index in [1.807, 2.05) is 0 Å². The van der Waals surface area contributed by atoms with Crippen molar-refractivity contribution in [3.05, 3.63) is 23.3 Å². The average Bonchev–Trinajstić information content (AvgIpc) is 2.74. The summed E-state index contributed by atoms with van der Waals surface area (Å²) in [6, 6.07) is 3.38. The lowest BCUT2D eigenvalue weighted by Crippen LogP contribution is -2.31. The quantitative estimate of drug-likeness (QED) is 0.746. The van der Waals surface area contributed by atoms with E-state index in [1.54, 1.807) is 26.1 Å². The molecular formula is C12H15NO4. The van der Waals surface area contributed by atoms with Gasteiger partial charge in [-0.3, -0.25) is 4.79 Å². The lowest BCUT2D eigenvalue weighted by molar-refractivity contribution is 0.0749. The SMILES string of the molecule is CNCC(O)C(=O)c1cc2c(cc1C)OCO2. The maximum absolute atomic E-state index is 12.0. The van der Waals surface area contributed by atoms with Crippen LogP contribution in [0.2, 0.25) is 0 Å². The monoisotopic (exact) mass is 237 g/mol. The number of benzene rings is 1. The number of carbonyl (C=O) groups excluding carboxylic acids is 1. The molecule has 2 rings (SSSR count). The number of ether oxygens (including phenoxy) is 2. The Morgan fingerprint density at radius 1 is 1.47 bits per heavy atom. The van der Waals surface area contributed by atoms with E-state index >= 15 is 0 Å². The average molecular weight is 237 g/mol. The summed E-state index contributed by atoms with van der Waals surface area (Å²) >= 11 is 0. The van der Waals surface area contributed by atoms with Crippen LogP contribution in [0.1, 0.15) is 15.9 Å². The molecule has 1 unspecified atom stereocenters. The second-order valence-electron chi connectivity index (χ2n) is 3.96. The van der Waals surface area contributed by atoms with Crippen LogP contribution in [0.25, 0.3) is 0 Å². The molecule has 5 heteroatoms. The largest absolute Gasteiger partial charge is 0.454 e. The number of nitrogens with one attached hydrogen (secondary N) is 1. The molecule has 0 radical (unpaired) electrons. The van der Waals surface area contributed by atoms with Crippen molar-refractivity contribution in [3.63, 3.8) is 0 Å². The van der Waals surface area contributed by atoms with Crippen molar-refractivity contribution in [2.24, 2.45) is 0 Å². The molecule has 17 heavy (non-hydrogen) atoms. The van der Waals surface area contributed by atoms with Gasteiger partial charge in [0.2, 0.25) is 6.79 Å². The Morgan fingerprint density at radius 2 is 2.12 bits per heavy atom. The second kappa shape index (κ2) is 4.73. The maximum atomic E-state index is 12.0. The van der Waals surface area contributed by atoms with E-state index in [9.17, 15) is 9.90 Å². The van der Waals surface area contributed by atoms with Crippen molar-refractivity contribution in [2.45, 2.75) is 13.0 Å². The fraction of sp³-hybridized carbons (Fsp3) is 0.417. The van der Waals surface area contributed by atoms with Gasteiger partial charge in [0.05, 0.1) is 0 Å². The number of Topliss-reactive ketones (excluding diaryl/α,β-unsaturated/α-hetero) is 1. The molecule has 0 saturated carbocycles. The number of aliphatic hydroxyl groups is 1. The lowest BCUT2D eigenvalue weighted by Gasteiger charge is -2.11. The molecule has 1 heterocycles. The predicted octanol–water partition coefficient (Wildman–Crippen LogP) is 0.487. The first-order valence-electron chi connectivity index (χ1n) is 5.40. The number of hydrogen-bond acceptors (Lipinski definition) is 5. The van der Waals surface area contributed by atoms with Crippen LogP contribution in [-0.4, -0.2) is 37.4 Å². The fourth-order valence-electron chi connectivity index (χ4n) is 1.77. The van der Waals surface area contributed by atoms with Crippen molar-refractivity contribution in [3.8, 4) is 11.5 Å². The van der Waals surface area contributed by atoms with Crippen LogP contribution in [0.5, 0.6) is 11.5 Å². The lowest BCUT2D eigenvalue weighted by atomic mass is 10.00. The topological polar surface area (TPSA) is 67.8 Å². The van der Waals surface area contributed by atoms with E-state index in [4.69, 9.17) is 9.47 Å². The van der Waals surface area contributed by atoms with Crippen molar-refractivity contribution in [1.29, 1.82) is 0 Å². The molecule has 0 fully saturated rings. The summed E-state index contributed by atoms with van der Waals surface area (Å²) in [4.78, 5) is 12.0. The Labute approximate surface area is 99.3 Å². The van der Waals surface area contributed by atoms with Crippen LogP contribution < -0.4 is 14.8 Å². The predicted molar refractivity (Wildman–Crippen MR) is 61.6 cm³/mol. The summed E-state index contributed by atoms with van der Waals surface area (Å²) in [6.45, 7) is 2.21. The van der Waals surface area contributed by atoms with Crippen LogP contribution in [0.4, 0.5) is 0 Å². The third kappa shape index (κ3) is 2.25. The molecule has 0 amide bonds. The van der Waals surface area contributed by atoms with Crippen LogP contribution in [0.15, 0.2) is 12.1 Å². The van der Waals surface area contributed by atoms with Gasteiger partial charge in [-0.25, -0.2) is 0 Å². The zero-order valence-corrected chi connectivity index (χ0v) is 9.82. The summed E-state index contributed by atoms with van der Waals surface area (Å²) in [5.41, 5.74) is 1.24. The number of likely N-dealkylation sites (N-methyl/N-ethyl adjacent to an activating group) is 1. The highest BCUT2D eigenvalue weighted by Gasteiger charge is 2.22. The first-order chi connectivity index (χ1) is 8.13. The molecule has 2 N–H and O–H groups in total. The van der Waals surface area contributed by atoms with Gasteiger partial charge in [0.15, 0.2) is 17.3 Å². The molecule has 1 aliphatic heterocycles. The molecular weight excluding hydrogens is 222 g/mol. The zero-order valence-electron chi connectivity index (χ0n) is 9.82. The third-order valence-corrected chi connectivity index (χ3v) is 2.69. The summed E-state index contributed by atoms with van der Waals surface area (Å²) in [7, 11) is 1.68. The first kappa shape index (κ1) is 11.9. The minimum atomic E-state index is -1.04. The van der Waals surface area contributed by atoms with Crippen LogP contribution in [-0.2, 0) is 0 Å². The van der Waals surface area contributed by atoms with Crippen molar-refractivity contribution < 1.29 is 19.4 Å². The van der Waals surface area contributed by atoms with Gasteiger partial charge in [0.25, 0.3) is 0 Å². The normalized spacial score (nSPS) is 14.8. The number of hydrogen-bond donors (Lipinski definition) is 2. The van der Waals surface area contributed by atoms with Crippen molar-refractivity contribution >= 4 is 5.78 Å². The van der Waals surface area contributed by atoms with Gasteiger partial charge in [-0.2, -0.15) is 0 Å². The fourth-order valence-corrected chi connectivity index (χ4v) is 1.77. The van der Waals surface area contributed by atoms with Gasteiger partial charge in [-0.05, 0) is 31.7 Å². The van der Waals surface area contributed by atoms with Gasteiger partial charge < -0.3 is 19.9 Å². The highest BCUT2D eigenvalue weighted by atomic mass is 16.7. The standard InChI is InChI=1S/C12H15NO4/c1-7-3-10-11(17-6-16-10)4-8(7)12(15)9(14)5-13-2/h3-4,9,13-14H,5-6H2,1-2H3. The van der Waals surface area contributed by atoms with E-state index in [2.05, 4.69) is 5.32 Å². The van der Waals surface area contributed by atoms with Crippen LogP contribution in [0.3, 0.4) is 0 Å². The summed E-state index contributed by atoms with van der Waals surface area (Å²) in [5, 5.41) is 12.4. The number of aliphatic hydroxyl groups excluding tert-OH is 1. The first-order valence-corrected chi connectivity index (χ1v) is 5.40. The molecule has 0 bridgehead atoms. The van der Waals surface area contributed by atoms with E-state index < -0.39 is 6.10 Å². The van der Waals surface area contributed by atoms with E-state index in [-0.39, 0.29) is 19.1 Å². The van der Waals surface area contributed by atoms with Gasteiger partial charge >= 0.3 is 0 Å². The van der Waals surface area contributed by atoms with Crippen LogP contribution in [0, 0.1) is 6.92 Å². The molecule has 5 nitrogen and oxygen atoms in total. The van der Waals surface area contributed by atoms with Gasteiger partial charge in [-0.15, -0.1) is 0 Å². The Morgan fingerprint density at radius 3 is 2.76 bits per heavy atom. The summed E-state index contributed by atoms with van der Waals surface area (Å²) in [5.74, 6) is 0.882. The Bertz CT molecular complexity index is 444. The van der Waals surface area contributed by atoms with Crippen LogP contribution >= 0.6 is 0 Å². The number of rotatable bonds is 4. The molecule has 1 aliphatic rings. The minimum absolute atomic E-state index is 0.172. The van der Waals surface area contributed by atoms with Crippen molar-refractivity contribution in [1.82, 2.24) is 5.32 Å². The Kier molecular flexibility index (Phi) is 3.31. The smallest absolute Gasteiger partial charge is 0.231 e. The molecule has 1 aromatic rings. The van der Waals surface area contributed by atoms with Gasteiger partial charge in [0.1, 0.15) is 6.10 Å². The Balaban J connectivity index is 2.29. The van der Waals surface area contributed by atoms with Gasteiger partial charge in [-0.1, -0.05) is 0 Å². The molecule has 1 aromatic carbocycles. The molecule has 92 valence electrons. The highest BCUT2D eigenvalue weighted by molar-refractivity contribution is 6.01. The van der Waals surface area contributed by atoms with Gasteiger partial charge in [0, 0.05) is 12.1 Å². The zero-order chi connectivity index (χ0) is 12.4. The Hall–Kier alpha value is -1.59. The number of carbonyl (C=O) groups is 1. The number of aryl methyl sites for hydroxylation is 1. The van der Waals surface area contributed by atoms with Crippen molar-refractivity contribution in [2.75, 3.05) is 20.4 Å². The van der Waals surface area contributed by atoms with E-state index in [0.717, 1.165) is 5.56 Å². The van der Waals surface area contributed by atoms with E-state index in [0.29, 0.717) is 17.1 Å². The molecule has 0 spiro atoms. The summed E-state index contributed by atoms with van der Waals surface area (Å²) < 4.78 is 10.4. The third-order valence-electron chi connectivity index (χ3n) is 2.69. The highest BCUT2D eigenvalue weighted by Crippen LogP contribution is 2.34. The maximum Gasteiger partial charge on any atom is 0.231 e. The molecule has 0 aromatic heterocycles. The van der Waals surface area contributed by atoms with E-state index in [1.165, 1.54) is 0 Å². The number of ketones is 1. The molecule has 0 aliphatic carbocycles. The minimum Gasteiger partial charge on any atom is -0.454 e. The molecule has 1 atom stereocenters.